The largest absolute Gasteiger partial charge is 0.363 e. The first kappa shape index (κ1) is 16.8. The maximum absolute atomic E-state index is 10.7. The van der Waals surface area contributed by atoms with Crippen LogP contribution in [-0.4, -0.2) is 11.1 Å². The van der Waals surface area contributed by atoms with Crippen LogP contribution in [0.25, 0.3) is 0 Å². The van der Waals surface area contributed by atoms with E-state index in [1.165, 1.54) is 28.9 Å². The minimum atomic E-state index is -0.423. The Kier molecular flexibility index (Phi) is 4.53. The number of nitro benzene ring substituents is 1. The van der Waals surface area contributed by atoms with Gasteiger partial charge in [0.15, 0.2) is 0 Å². The van der Waals surface area contributed by atoms with Gasteiger partial charge in [-0.05, 0) is 41.0 Å². The number of anilines is 2. The van der Waals surface area contributed by atoms with E-state index in [9.17, 15) is 10.1 Å². The molecule has 0 amide bonds. The summed E-state index contributed by atoms with van der Waals surface area (Å²) in [4.78, 5) is 12.6. The van der Waals surface area contributed by atoms with Gasteiger partial charge in [-0.2, -0.15) is 5.10 Å². The molecule has 0 saturated carbocycles. The van der Waals surface area contributed by atoms with Crippen molar-refractivity contribution >= 4 is 23.3 Å². The number of nitro groups is 1. The van der Waals surface area contributed by atoms with Crippen LogP contribution < -0.4 is 10.3 Å². The van der Waals surface area contributed by atoms with Crippen LogP contribution in [-0.2, 0) is 13.1 Å². The van der Waals surface area contributed by atoms with Gasteiger partial charge in [0.2, 0.25) is 0 Å². The van der Waals surface area contributed by atoms with E-state index >= 15 is 0 Å². The Balaban J connectivity index is 1.37. The molecular weight excluding hydrogens is 340 g/mol. The fraction of sp³-hybridized carbons (Fsp3) is 0.0952. The van der Waals surface area contributed by atoms with Crippen LogP contribution in [0.4, 0.5) is 17.1 Å². The smallest absolute Gasteiger partial charge is 0.269 e. The van der Waals surface area contributed by atoms with Crippen LogP contribution in [0.15, 0.2) is 77.9 Å². The van der Waals surface area contributed by atoms with Crippen LogP contribution in [0.5, 0.6) is 0 Å². The lowest BCUT2D eigenvalue weighted by Gasteiger charge is -2.17. The zero-order valence-corrected chi connectivity index (χ0v) is 14.6. The van der Waals surface area contributed by atoms with Gasteiger partial charge in [0.25, 0.3) is 5.69 Å². The molecule has 0 aromatic heterocycles. The van der Waals surface area contributed by atoms with Crippen molar-refractivity contribution in [3.8, 4) is 0 Å². The molecule has 1 aliphatic rings. The molecule has 6 nitrogen and oxygen atoms in total. The zero-order valence-electron chi connectivity index (χ0n) is 14.6. The molecule has 0 fully saturated rings. The number of nitrogens with one attached hydrogen (secondary N) is 1. The normalized spacial score (nSPS) is 13.0. The number of nitrogens with zero attached hydrogens (tertiary/aromatic N) is 3. The number of non-ortho nitro benzene ring substituents is 1. The highest BCUT2D eigenvalue weighted by Gasteiger charge is 2.18. The molecule has 6 heteroatoms. The fourth-order valence-corrected chi connectivity index (χ4v) is 3.13. The van der Waals surface area contributed by atoms with E-state index in [1.807, 2.05) is 12.1 Å². The molecule has 0 spiro atoms. The molecule has 0 aliphatic carbocycles. The number of benzene rings is 3. The minimum absolute atomic E-state index is 0.0594. The van der Waals surface area contributed by atoms with E-state index in [4.69, 9.17) is 0 Å². The Labute approximate surface area is 156 Å². The highest BCUT2D eigenvalue weighted by Crippen LogP contribution is 2.28. The van der Waals surface area contributed by atoms with Crippen LogP contribution >= 0.6 is 0 Å². The predicted molar refractivity (Wildman–Crippen MR) is 107 cm³/mol. The number of hydrogen-bond donors (Lipinski definition) is 1. The second-order valence-electron chi connectivity index (χ2n) is 6.39. The van der Waals surface area contributed by atoms with Gasteiger partial charge >= 0.3 is 0 Å². The van der Waals surface area contributed by atoms with Gasteiger partial charge < -0.3 is 4.90 Å². The lowest BCUT2D eigenvalue weighted by atomic mass is 10.1. The van der Waals surface area contributed by atoms with Crippen molar-refractivity contribution in [3.05, 3.63) is 99.6 Å². The quantitative estimate of drug-likeness (QED) is 0.412. The van der Waals surface area contributed by atoms with Crippen molar-refractivity contribution in [2.45, 2.75) is 13.1 Å². The summed E-state index contributed by atoms with van der Waals surface area (Å²) in [5.74, 6) is 0. The molecule has 0 unspecified atom stereocenters. The third-order valence-electron chi connectivity index (χ3n) is 4.58. The van der Waals surface area contributed by atoms with Gasteiger partial charge in [-0.3, -0.25) is 15.5 Å². The van der Waals surface area contributed by atoms with Gasteiger partial charge in [-0.1, -0.05) is 36.4 Å². The summed E-state index contributed by atoms with van der Waals surface area (Å²) in [7, 11) is 0. The lowest BCUT2D eigenvalue weighted by Crippen LogP contribution is -2.14. The summed E-state index contributed by atoms with van der Waals surface area (Å²) in [6.07, 6.45) is 1.73. The molecule has 0 bridgehead atoms. The molecule has 27 heavy (non-hydrogen) atoms. The van der Waals surface area contributed by atoms with Crippen LogP contribution in [0.1, 0.15) is 16.7 Å². The van der Waals surface area contributed by atoms with Crippen molar-refractivity contribution in [1.82, 2.24) is 0 Å². The third-order valence-corrected chi connectivity index (χ3v) is 4.58. The lowest BCUT2D eigenvalue weighted by molar-refractivity contribution is -0.384. The highest BCUT2D eigenvalue weighted by atomic mass is 16.6. The van der Waals surface area contributed by atoms with Crippen molar-refractivity contribution in [2.24, 2.45) is 5.10 Å². The number of fused-ring (bicyclic) bond motifs is 1. The predicted octanol–water partition coefficient (Wildman–Crippen LogP) is 4.56. The van der Waals surface area contributed by atoms with Gasteiger partial charge in [-0.25, -0.2) is 0 Å². The minimum Gasteiger partial charge on any atom is -0.363 e. The summed E-state index contributed by atoms with van der Waals surface area (Å²) in [5, 5.41) is 14.8. The van der Waals surface area contributed by atoms with Gasteiger partial charge in [0.05, 0.1) is 16.8 Å². The fourth-order valence-electron chi connectivity index (χ4n) is 3.13. The average Bonchev–Trinajstić information content (AvgIpc) is 3.13. The molecule has 3 aromatic carbocycles. The molecular formula is C21H18N4O2. The van der Waals surface area contributed by atoms with E-state index < -0.39 is 4.92 Å². The van der Waals surface area contributed by atoms with Crippen LogP contribution in [0.3, 0.4) is 0 Å². The van der Waals surface area contributed by atoms with Gasteiger partial charge in [0.1, 0.15) is 0 Å². The molecule has 0 saturated heterocycles. The summed E-state index contributed by atoms with van der Waals surface area (Å²) >= 11 is 0. The number of rotatable bonds is 5. The molecule has 3 aromatic rings. The first-order chi connectivity index (χ1) is 13.2. The molecule has 0 radical (unpaired) electrons. The van der Waals surface area contributed by atoms with Gasteiger partial charge in [-0.15, -0.1) is 0 Å². The average molecular weight is 358 g/mol. The highest BCUT2D eigenvalue weighted by molar-refractivity contribution is 5.81. The topological polar surface area (TPSA) is 70.8 Å². The van der Waals surface area contributed by atoms with Crippen LogP contribution in [0.2, 0.25) is 0 Å². The van der Waals surface area contributed by atoms with E-state index in [0.29, 0.717) is 5.69 Å². The Morgan fingerprint density at radius 2 is 1.56 bits per heavy atom. The van der Waals surface area contributed by atoms with E-state index in [1.54, 1.807) is 18.3 Å². The molecule has 1 N–H and O–H groups in total. The maximum atomic E-state index is 10.7. The zero-order chi connectivity index (χ0) is 18.6. The third kappa shape index (κ3) is 3.79. The Hall–Kier alpha value is -3.67. The Bertz CT molecular complexity index is 957. The first-order valence-corrected chi connectivity index (χ1v) is 8.64. The number of hydrazone groups is 1. The second kappa shape index (κ2) is 7.29. The van der Waals surface area contributed by atoms with Crippen molar-refractivity contribution in [2.75, 3.05) is 10.3 Å². The molecule has 0 atom stereocenters. The molecule has 1 aliphatic heterocycles. The molecule has 4 rings (SSSR count). The molecule has 134 valence electrons. The van der Waals surface area contributed by atoms with E-state index in [0.717, 1.165) is 18.7 Å². The summed E-state index contributed by atoms with van der Waals surface area (Å²) in [6.45, 7) is 1.87. The van der Waals surface area contributed by atoms with E-state index in [2.05, 4.69) is 51.8 Å². The van der Waals surface area contributed by atoms with Crippen molar-refractivity contribution in [3.63, 3.8) is 0 Å². The summed E-state index contributed by atoms with van der Waals surface area (Å²) in [6, 6.07) is 22.9. The van der Waals surface area contributed by atoms with Gasteiger partial charge in [0, 0.05) is 30.9 Å². The summed E-state index contributed by atoms with van der Waals surface area (Å²) in [5.41, 5.74) is 8.57. The van der Waals surface area contributed by atoms with Crippen molar-refractivity contribution < 1.29 is 4.92 Å². The standard InChI is InChI=1S/C21H18N4O2/c26-25(27)21-11-7-19(8-12-21)23-22-13-16-5-9-20(10-6-16)24-14-17-3-1-2-4-18(17)15-24/h1-13,23H,14-15H2/b22-13+. The number of hydrogen-bond acceptors (Lipinski definition) is 5. The monoisotopic (exact) mass is 358 g/mol. The first-order valence-electron chi connectivity index (χ1n) is 8.64. The Morgan fingerprint density at radius 1 is 0.926 bits per heavy atom. The van der Waals surface area contributed by atoms with Crippen LogP contribution in [0, 0.1) is 10.1 Å². The second-order valence-corrected chi connectivity index (χ2v) is 6.39. The maximum Gasteiger partial charge on any atom is 0.269 e. The Morgan fingerprint density at radius 3 is 2.15 bits per heavy atom. The van der Waals surface area contributed by atoms with E-state index in [-0.39, 0.29) is 5.69 Å². The van der Waals surface area contributed by atoms with Crippen molar-refractivity contribution in [1.29, 1.82) is 0 Å². The SMILES string of the molecule is O=[N+]([O-])c1ccc(N/N=C/c2ccc(N3Cc4ccccc4C3)cc2)cc1. The molecule has 1 heterocycles. The summed E-state index contributed by atoms with van der Waals surface area (Å²) < 4.78 is 0.